The number of rotatable bonds is 14. The Labute approximate surface area is 624 Å². The number of hydrogen-bond acceptors (Lipinski definition) is 8. The maximum atomic E-state index is 4.78. The summed E-state index contributed by atoms with van der Waals surface area (Å²) in [4.78, 5) is 36.5. The molecule has 0 unspecified atom stereocenters. The van der Waals surface area contributed by atoms with Crippen molar-refractivity contribution in [2.45, 2.75) is 412 Å². The van der Waals surface area contributed by atoms with Crippen LogP contribution in [0.5, 0.6) is 0 Å². The molecule has 0 amide bonds. The summed E-state index contributed by atoms with van der Waals surface area (Å²) in [6.07, 6.45) is 15.3. The molecule has 8 heterocycles. The summed E-state index contributed by atoms with van der Waals surface area (Å²) in [6.45, 7) is 86.4. The largest absolute Gasteiger partial charge is 0.332 e. The molecule has 0 bridgehead atoms. The Kier molecular flexibility index (Phi) is 35.5. The number of nitrogens with zero attached hydrogens (tertiary/aromatic N) is 16. The fraction of sp³-hybridized carbons (Fsp3) is 0.721. The molecule has 16 nitrogen and oxygen atoms in total. The molecule has 2 aliphatic rings. The highest BCUT2D eigenvalue weighted by molar-refractivity contribution is 5.24. The van der Waals surface area contributed by atoms with Crippen LogP contribution in [-0.2, 0) is 0 Å². The molecule has 0 aromatic carbocycles. The third kappa shape index (κ3) is 23.9. The van der Waals surface area contributed by atoms with E-state index in [1.165, 1.54) is 131 Å². The second-order valence-electron chi connectivity index (χ2n) is 33.0. The van der Waals surface area contributed by atoms with E-state index in [0.29, 0.717) is 72.0 Å². The van der Waals surface area contributed by atoms with Gasteiger partial charge in [-0.25, -0.2) is 39.9 Å². The molecular weight excluding hydrogens is 1260 g/mol. The molecule has 576 valence electrons. The molecule has 0 saturated heterocycles. The molecule has 10 rings (SSSR count). The Morgan fingerprint density at radius 3 is 0.725 bits per heavy atom. The highest BCUT2D eigenvalue weighted by Crippen LogP contribution is 2.37. The minimum absolute atomic E-state index is 0.514. The molecule has 2 fully saturated rings. The van der Waals surface area contributed by atoms with Gasteiger partial charge in [0, 0.05) is 107 Å². The lowest BCUT2D eigenvalue weighted by atomic mass is 10.0. The van der Waals surface area contributed by atoms with Gasteiger partial charge in [0.1, 0.15) is 46.6 Å². The van der Waals surface area contributed by atoms with Crippen LogP contribution in [-0.4, -0.2) is 76.4 Å². The predicted molar refractivity (Wildman–Crippen MR) is 435 cm³/mol. The zero-order valence-corrected chi connectivity index (χ0v) is 73.0. The van der Waals surface area contributed by atoms with Crippen molar-refractivity contribution >= 4 is 0 Å². The first kappa shape index (κ1) is 89.9. The van der Waals surface area contributed by atoms with Crippen LogP contribution in [0.15, 0.2) is 12.4 Å². The lowest BCUT2D eigenvalue weighted by Crippen LogP contribution is -2.05. The van der Waals surface area contributed by atoms with Gasteiger partial charge in [-0.3, -0.25) is 0 Å². The first-order chi connectivity index (χ1) is 47.2. The predicted octanol–water partition coefficient (Wildman–Crippen LogP) is 24.5. The first-order valence-electron chi connectivity index (χ1n) is 39.6. The third-order valence-electron chi connectivity index (χ3n) is 20.4. The average Bonchev–Trinajstić information content (AvgIpc) is 1.69. The molecule has 0 radical (unpaired) electrons. The van der Waals surface area contributed by atoms with E-state index >= 15 is 0 Å². The molecule has 16 heteroatoms. The average molecular weight is 1410 g/mol. The van der Waals surface area contributed by atoms with Gasteiger partial charge in [-0.2, -0.15) is 0 Å². The van der Waals surface area contributed by atoms with Crippen molar-refractivity contribution in [3.05, 3.63) is 139 Å². The Morgan fingerprint density at radius 1 is 0.255 bits per heavy atom. The summed E-state index contributed by atoms with van der Waals surface area (Å²) in [5.41, 5.74) is 17.9. The van der Waals surface area contributed by atoms with E-state index in [9.17, 15) is 0 Å². The summed E-state index contributed by atoms with van der Waals surface area (Å²) < 4.78 is 18.3. The Morgan fingerprint density at radius 2 is 0.520 bits per heavy atom. The van der Waals surface area contributed by atoms with E-state index in [1.807, 2.05) is 0 Å². The molecule has 8 aromatic rings. The second-order valence-corrected chi connectivity index (χ2v) is 33.0. The molecule has 2 aliphatic carbocycles. The highest BCUT2D eigenvalue weighted by Gasteiger charge is 2.25. The van der Waals surface area contributed by atoms with Gasteiger partial charge < -0.3 is 36.5 Å². The van der Waals surface area contributed by atoms with Crippen molar-refractivity contribution in [3.63, 3.8) is 0 Å². The van der Waals surface area contributed by atoms with Gasteiger partial charge in [0.15, 0.2) is 0 Å². The summed E-state index contributed by atoms with van der Waals surface area (Å²) in [6, 6.07) is 4.18. The SMILES string of the molecule is Cc1nc(C(C)C)c(C)n1C(C)C.Cc1nc(C(C)C)c(C)n1C(C)C.Cc1nc(C(C)C)c(C)n1C(C)C.Cc1nc(C(C)C)cn1C(C)C.Cc1nc(C)n(C(C)C)c1C.Cc1nc(C)n(C(C)C)c1C.Cc1nc(C2CCCC2)c(C)n1C(C)C.Cc1nc(C2CCCC2)cn1C(C)C. The lowest BCUT2D eigenvalue weighted by molar-refractivity contribution is 0.566. The van der Waals surface area contributed by atoms with Crippen LogP contribution in [0.1, 0.15) is 428 Å². The molecule has 0 atom stereocenters. The number of imidazole rings is 8. The lowest BCUT2D eigenvalue weighted by Gasteiger charge is -2.13. The van der Waals surface area contributed by atoms with Crippen LogP contribution >= 0.6 is 0 Å². The summed E-state index contributed by atoms with van der Waals surface area (Å²) in [5.74, 6) is 12.7. The maximum absolute atomic E-state index is 4.78. The normalized spacial score (nSPS) is 13.4. The number of aryl methyl sites for hydroxylation is 10. The van der Waals surface area contributed by atoms with Crippen molar-refractivity contribution in [1.82, 2.24) is 76.4 Å². The van der Waals surface area contributed by atoms with E-state index in [1.54, 1.807) is 0 Å². The highest BCUT2D eigenvalue weighted by atomic mass is 15.2. The molecule has 8 aromatic heterocycles. The Balaban J connectivity index is 0.000000304. The van der Waals surface area contributed by atoms with Crippen LogP contribution in [0.3, 0.4) is 0 Å². The minimum Gasteiger partial charge on any atom is -0.332 e. The van der Waals surface area contributed by atoms with Crippen LogP contribution in [0.4, 0.5) is 0 Å². The summed E-state index contributed by atoms with van der Waals surface area (Å²) in [5, 5.41) is 0. The van der Waals surface area contributed by atoms with Crippen molar-refractivity contribution in [2.24, 2.45) is 0 Å². The molecule has 0 aliphatic heterocycles. The minimum atomic E-state index is 0.514. The van der Waals surface area contributed by atoms with Crippen molar-refractivity contribution in [3.8, 4) is 0 Å². The fourth-order valence-electron chi connectivity index (χ4n) is 15.8. The fourth-order valence-corrected chi connectivity index (χ4v) is 15.8. The zero-order chi connectivity index (χ0) is 78.1. The van der Waals surface area contributed by atoms with Crippen molar-refractivity contribution in [1.29, 1.82) is 0 Å². The third-order valence-corrected chi connectivity index (χ3v) is 20.4. The topological polar surface area (TPSA) is 143 Å². The molecule has 0 N–H and O–H groups in total. The quantitative estimate of drug-likeness (QED) is 0.105. The molecule has 2 saturated carbocycles. The van der Waals surface area contributed by atoms with Gasteiger partial charge in [0.05, 0.1) is 45.6 Å². The van der Waals surface area contributed by atoms with Crippen molar-refractivity contribution < 1.29 is 0 Å². The van der Waals surface area contributed by atoms with Gasteiger partial charge in [0.25, 0.3) is 0 Å². The molecule has 102 heavy (non-hydrogen) atoms. The zero-order valence-electron chi connectivity index (χ0n) is 73.0. The van der Waals surface area contributed by atoms with E-state index in [4.69, 9.17) is 4.98 Å². The smallest absolute Gasteiger partial charge is 0.106 e. The number of hydrogen-bond donors (Lipinski definition) is 0. The van der Waals surface area contributed by atoms with Crippen LogP contribution in [0, 0.1) is 111 Å². The summed E-state index contributed by atoms with van der Waals surface area (Å²) in [7, 11) is 0. The van der Waals surface area contributed by atoms with E-state index in [0.717, 1.165) is 58.2 Å². The Hall–Kier alpha value is -6.32. The van der Waals surface area contributed by atoms with Gasteiger partial charge in [-0.05, 0) is 271 Å². The van der Waals surface area contributed by atoms with Gasteiger partial charge >= 0.3 is 0 Å². The second kappa shape index (κ2) is 40.2. The van der Waals surface area contributed by atoms with Crippen molar-refractivity contribution in [2.75, 3.05) is 0 Å². The first-order valence-corrected chi connectivity index (χ1v) is 39.6. The van der Waals surface area contributed by atoms with Crippen LogP contribution < -0.4 is 0 Å². The van der Waals surface area contributed by atoms with E-state index in [2.05, 4.69) is 361 Å². The van der Waals surface area contributed by atoms with Gasteiger partial charge in [-0.15, -0.1) is 0 Å². The van der Waals surface area contributed by atoms with Gasteiger partial charge in [0.2, 0.25) is 0 Å². The monoisotopic (exact) mass is 1410 g/mol. The molecule has 0 spiro atoms. The molecular formula is C86H152N16. The van der Waals surface area contributed by atoms with E-state index < -0.39 is 0 Å². The maximum Gasteiger partial charge on any atom is 0.106 e. The van der Waals surface area contributed by atoms with Gasteiger partial charge in [-0.1, -0.05) is 81.1 Å². The van der Waals surface area contributed by atoms with Crippen LogP contribution in [0.25, 0.3) is 0 Å². The number of aromatic nitrogens is 16. The van der Waals surface area contributed by atoms with E-state index in [-0.39, 0.29) is 0 Å². The summed E-state index contributed by atoms with van der Waals surface area (Å²) >= 11 is 0. The standard InChI is InChI=1S/C13H22N2.C12H20N2.3C11H20N2.C10H18N2.2C9H16N2/c1-9(2)15-10(3)13(14-11(15)4)12-7-5-6-8-12;1-9(2)14-8-12(13-10(14)3)11-6-4-5-7-11;3*1-7(2)11-9(5)13(8(3)4)10(6)12-11;1-7(2)10-6-12(8(3)4)9(5)11-10;2*1-6(2)11-8(4)7(3)10-9(11)5/h9,12H,5-8H2,1-4H3;8-9,11H,4-7H2,1-3H3;3*7-8H,1-6H3;6-8H,1-5H3;2*6H,1-5H3. The Bertz CT molecular complexity index is 3580. The van der Waals surface area contributed by atoms with Crippen LogP contribution in [0.2, 0.25) is 0 Å².